The molecule has 71 heavy (non-hydrogen) atoms. The van der Waals surface area contributed by atoms with Gasteiger partial charge in [-0.3, -0.25) is 4.79 Å². The van der Waals surface area contributed by atoms with Gasteiger partial charge in [-0.25, -0.2) is 19.2 Å². The summed E-state index contributed by atoms with van der Waals surface area (Å²) >= 11 is 0. The van der Waals surface area contributed by atoms with Crippen LogP contribution >= 0.6 is 64.8 Å². The third-order valence-electron chi connectivity index (χ3n) is 14.0. The van der Waals surface area contributed by atoms with Crippen LogP contribution in [0.1, 0.15) is 150 Å². The van der Waals surface area contributed by atoms with Gasteiger partial charge in [0.25, 0.3) is 5.91 Å². The molecule has 364 valence electrons. The molecular formula is C55H49NO9S6. The van der Waals surface area contributed by atoms with Crippen LogP contribution in [0, 0.1) is 0 Å². The number of carbonyl (C=O) groups excluding carboxylic acids is 1. The number of carbonyl (C=O) groups is 5. The first kappa shape index (κ1) is 49.6. The molecule has 20 rings (SSSR count). The van der Waals surface area contributed by atoms with Crippen LogP contribution in [0.25, 0.3) is 0 Å². The Bertz CT molecular complexity index is 2930. The Kier molecular flexibility index (Phi) is 14.8. The molecule has 0 aromatic heterocycles. The Morgan fingerprint density at radius 2 is 0.676 bits per heavy atom. The van der Waals surface area contributed by atoms with Gasteiger partial charge >= 0.3 is 23.9 Å². The number of carboxylic acids is 4. The zero-order valence-electron chi connectivity index (χ0n) is 38.5. The van der Waals surface area contributed by atoms with Gasteiger partial charge in [-0.05, 0) is 118 Å². The first-order valence-corrected chi connectivity index (χ1v) is 30.3. The van der Waals surface area contributed by atoms with Crippen molar-refractivity contribution in [3.05, 3.63) is 163 Å². The molecule has 16 heteroatoms. The van der Waals surface area contributed by atoms with Crippen molar-refractivity contribution in [2.75, 3.05) is 6.54 Å². The van der Waals surface area contributed by atoms with E-state index >= 15 is 0 Å². The van der Waals surface area contributed by atoms with E-state index in [0.717, 1.165) is 93.1 Å². The van der Waals surface area contributed by atoms with Gasteiger partial charge in [0.1, 0.15) is 0 Å². The number of hydrogen-bond acceptors (Lipinski definition) is 11. The summed E-state index contributed by atoms with van der Waals surface area (Å²) in [5.74, 6) is -8.55. The molecule has 0 radical (unpaired) electrons. The van der Waals surface area contributed by atoms with Gasteiger partial charge in [-0.15, -0.1) is 0 Å². The van der Waals surface area contributed by atoms with E-state index in [2.05, 4.69) is 12.2 Å². The highest BCUT2D eigenvalue weighted by Crippen LogP contribution is 2.60. The number of rotatable bonds is 16. The van der Waals surface area contributed by atoms with E-state index in [1.165, 1.54) is 110 Å². The topological polar surface area (TPSA) is 178 Å². The first-order valence-electron chi connectivity index (χ1n) is 23.8. The Hall–Kier alpha value is -4.97. The minimum Gasteiger partial charge on any atom is -0.478 e. The number of nitrogens with one attached hydrogen (secondary N) is 1. The van der Waals surface area contributed by atoms with Crippen LogP contribution in [0.3, 0.4) is 0 Å². The highest BCUT2D eigenvalue weighted by atomic mass is 33.1. The maximum atomic E-state index is 13.9. The van der Waals surface area contributed by atoms with E-state index < -0.39 is 47.5 Å². The Morgan fingerprint density at radius 1 is 0.380 bits per heavy atom. The number of carboxylic acid groups (broad SMARTS) is 4. The van der Waals surface area contributed by atoms with Gasteiger partial charge in [0.15, 0.2) is 0 Å². The summed E-state index contributed by atoms with van der Waals surface area (Å²) < 4.78 is 0. The normalized spacial score (nSPS) is 19.2. The summed E-state index contributed by atoms with van der Waals surface area (Å²) in [6, 6.07) is 29.0. The second kappa shape index (κ2) is 21.2. The van der Waals surface area contributed by atoms with Crippen molar-refractivity contribution < 1.29 is 44.4 Å². The molecule has 5 aromatic rings. The molecule has 6 aliphatic carbocycles. The molecule has 1 amide bonds. The van der Waals surface area contributed by atoms with Crippen LogP contribution in [0.2, 0.25) is 0 Å². The standard InChI is InChI=1S/C55H49NO9S6/c1-2-3-4-5-6-7-8-9-10-11-20-56-51(57)28-21-33-23-34(22-28)71-69-32-15-19-38-42(27-32)46-36-17-13-30(25-40(36)44(38)48(53(60)61)50(46)55(64)65)67-66-29-12-16-35-39(24-29)43-37-18-14-31(68-70-33)26-41(37)45(35)49(54(62)63)47(43)52(58)59/h12-19,21-27,43-46H,2-11,20H2,1H3,(H,56,57)(H,58,59)(H,60,61)(H,62,63)(H,64,65)/t43-,44-,45-,46-/m1/s1. The maximum absolute atomic E-state index is 13.9. The van der Waals surface area contributed by atoms with E-state index in [-0.39, 0.29) is 28.2 Å². The van der Waals surface area contributed by atoms with Crippen molar-refractivity contribution in [3.8, 4) is 0 Å². The molecule has 9 aliphatic heterocycles. The van der Waals surface area contributed by atoms with Crippen LogP contribution in [0.4, 0.5) is 0 Å². The molecular weight excluding hydrogens is 1010 g/mol. The van der Waals surface area contributed by atoms with Crippen LogP contribution in [0.5, 0.6) is 0 Å². The van der Waals surface area contributed by atoms with Crippen molar-refractivity contribution in [1.82, 2.24) is 5.32 Å². The summed E-state index contributed by atoms with van der Waals surface area (Å²) in [5.41, 5.74) is 5.89. The second-order valence-corrected chi connectivity index (χ2v) is 25.2. The molecule has 10 nitrogen and oxygen atoms in total. The lowest BCUT2D eigenvalue weighted by Gasteiger charge is -2.41. The van der Waals surface area contributed by atoms with Crippen molar-refractivity contribution in [2.24, 2.45) is 0 Å². The molecule has 0 saturated heterocycles. The van der Waals surface area contributed by atoms with Gasteiger partial charge in [-0.2, -0.15) is 0 Å². The molecule has 5 N–H and O–H groups in total. The van der Waals surface area contributed by atoms with E-state index in [4.69, 9.17) is 0 Å². The molecule has 0 saturated carbocycles. The zero-order valence-corrected chi connectivity index (χ0v) is 43.4. The first-order chi connectivity index (χ1) is 34.4. The number of fused-ring (bicyclic) bond motifs is 1. The molecule has 15 aliphatic rings. The van der Waals surface area contributed by atoms with Gasteiger partial charge in [0.2, 0.25) is 0 Å². The van der Waals surface area contributed by atoms with E-state index in [9.17, 15) is 44.4 Å². The SMILES string of the molecule is CCCCCCCCCCCCNC(=O)c1cc2cc(c1)SSc1ccc3c(c1)[C@@H]1C(C(=O)O)=C(C(=O)O)[C@H]3c3cc(ccc31)SSc1ccc3c(c1)[C@@H]1C(C(=O)O)=C(C(=O)O)[C@H]3c3cc(ccc31)SS2. The zero-order chi connectivity index (χ0) is 49.5. The lowest BCUT2D eigenvalue weighted by Crippen LogP contribution is -2.34. The smallest absolute Gasteiger partial charge is 0.333 e. The van der Waals surface area contributed by atoms with Crippen LogP contribution in [0.15, 0.2) is 143 Å². The van der Waals surface area contributed by atoms with Gasteiger partial charge < -0.3 is 25.7 Å². The summed E-state index contributed by atoms with van der Waals surface area (Å²) in [5, 5.41) is 45.6. The second-order valence-electron chi connectivity index (χ2n) is 18.4. The third-order valence-corrected chi connectivity index (χ3v) is 21.1. The number of amides is 1. The van der Waals surface area contributed by atoms with E-state index in [1.807, 2.05) is 91.0 Å². The summed E-state index contributed by atoms with van der Waals surface area (Å²) in [4.78, 5) is 70.9. The van der Waals surface area contributed by atoms with Crippen molar-refractivity contribution in [3.63, 3.8) is 0 Å². The largest absolute Gasteiger partial charge is 0.478 e. The fraction of sp³-hybridized carbons (Fsp3) is 0.291. The van der Waals surface area contributed by atoms with Crippen LogP contribution in [-0.2, 0) is 19.2 Å². The average Bonchev–Trinajstić information content (AvgIpc) is 3.36. The number of benzene rings is 5. The van der Waals surface area contributed by atoms with E-state index in [1.54, 1.807) is 0 Å². The summed E-state index contributed by atoms with van der Waals surface area (Å²) in [7, 11) is 8.78. The Morgan fingerprint density at radius 3 is 0.986 bits per heavy atom. The predicted octanol–water partition coefficient (Wildman–Crippen LogP) is 14.2. The Balaban J connectivity index is 1.00. The fourth-order valence-corrected chi connectivity index (χ4v) is 17.1. The third kappa shape index (κ3) is 9.72. The quantitative estimate of drug-likeness (QED) is 0.0465. The molecule has 0 fully saturated rings. The molecule has 0 spiro atoms. The van der Waals surface area contributed by atoms with Crippen LogP contribution in [-0.4, -0.2) is 56.8 Å². The monoisotopic (exact) mass is 1060 g/mol. The van der Waals surface area contributed by atoms with Crippen molar-refractivity contribution in [2.45, 2.75) is 124 Å². The molecule has 4 atom stereocenters. The van der Waals surface area contributed by atoms with E-state index in [0.29, 0.717) is 12.1 Å². The maximum Gasteiger partial charge on any atom is 0.333 e. The lowest BCUT2D eigenvalue weighted by atomic mass is 9.61. The highest BCUT2D eigenvalue weighted by Gasteiger charge is 2.49. The minimum absolute atomic E-state index is 0.138. The van der Waals surface area contributed by atoms with Gasteiger partial charge in [0, 0.05) is 65.2 Å². The molecule has 5 aromatic carbocycles. The number of hydrogen-bond donors (Lipinski definition) is 5. The Labute approximate surface area is 435 Å². The van der Waals surface area contributed by atoms with Crippen molar-refractivity contribution in [1.29, 1.82) is 0 Å². The fourth-order valence-electron chi connectivity index (χ4n) is 11.0. The molecule has 9 heterocycles. The summed E-state index contributed by atoms with van der Waals surface area (Å²) in [6.45, 7) is 2.79. The van der Waals surface area contributed by atoms with Gasteiger partial charge in [0.05, 0.1) is 22.3 Å². The molecule has 18 bridgehead atoms. The van der Waals surface area contributed by atoms with Crippen LogP contribution < -0.4 is 5.32 Å². The average molecular weight is 1060 g/mol. The van der Waals surface area contributed by atoms with Gasteiger partial charge in [-0.1, -0.05) is 154 Å². The van der Waals surface area contributed by atoms with Crippen molar-refractivity contribution >= 4 is 94.5 Å². The molecule has 0 unspecified atom stereocenters. The minimum atomic E-state index is -1.28. The lowest BCUT2D eigenvalue weighted by molar-refractivity contribution is -0.136. The summed E-state index contributed by atoms with van der Waals surface area (Å²) in [6.07, 6.45) is 12.0. The number of aliphatic carboxylic acids is 4. The number of unbranched alkanes of at least 4 members (excludes halogenated alkanes) is 9. The predicted molar refractivity (Wildman–Crippen MR) is 283 cm³/mol. The highest BCUT2D eigenvalue weighted by molar-refractivity contribution is 8.77.